The van der Waals surface area contributed by atoms with Gasteiger partial charge in [0.05, 0.1) is 6.61 Å². The third-order valence-electron chi connectivity index (χ3n) is 4.52. The maximum atomic E-state index is 9.85. The SMILES string of the molecule is OCC1(NC2CC2)CCCC(SCc2ccccc2)C1. The normalized spacial score (nSPS) is 30.4. The third-order valence-corrected chi connectivity index (χ3v) is 5.89. The summed E-state index contributed by atoms with van der Waals surface area (Å²) in [4.78, 5) is 0. The first-order valence-electron chi connectivity index (χ1n) is 7.84. The molecule has 2 unspecified atom stereocenters. The standard InChI is InChI=1S/C17H25NOS/c19-13-17(18-15-8-9-15)10-4-7-16(11-17)20-12-14-5-2-1-3-6-14/h1-3,5-6,15-16,18-19H,4,7-13H2. The largest absolute Gasteiger partial charge is 0.394 e. The van der Waals surface area contributed by atoms with Crippen molar-refractivity contribution in [2.75, 3.05) is 6.61 Å². The van der Waals surface area contributed by atoms with Gasteiger partial charge in [0.2, 0.25) is 0 Å². The van der Waals surface area contributed by atoms with Crippen LogP contribution in [0.3, 0.4) is 0 Å². The van der Waals surface area contributed by atoms with Crippen molar-refractivity contribution in [3.63, 3.8) is 0 Å². The summed E-state index contributed by atoms with van der Waals surface area (Å²) in [6.45, 7) is 0.298. The van der Waals surface area contributed by atoms with Gasteiger partial charge in [0.1, 0.15) is 0 Å². The molecular weight excluding hydrogens is 266 g/mol. The van der Waals surface area contributed by atoms with Crippen LogP contribution in [0.5, 0.6) is 0 Å². The van der Waals surface area contributed by atoms with Crippen molar-refractivity contribution < 1.29 is 5.11 Å². The van der Waals surface area contributed by atoms with Crippen LogP contribution in [-0.2, 0) is 5.75 Å². The van der Waals surface area contributed by atoms with Crippen molar-refractivity contribution >= 4 is 11.8 Å². The predicted octanol–water partition coefficient (Wildman–Crippen LogP) is 3.35. The van der Waals surface area contributed by atoms with Gasteiger partial charge in [-0.2, -0.15) is 11.8 Å². The Labute approximate surface area is 126 Å². The van der Waals surface area contributed by atoms with Crippen molar-refractivity contribution in [3.8, 4) is 0 Å². The Morgan fingerprint density at radius 3 is 2.70 bits per heavy atom. The van der Waals surface area contributed by atoms with Crippen molar-refractivity contribution in [3.05, 3.63) is 35.9 Å². The highest BCUT2D eigenvalue weighted by molar-refractivity contribution is 7.99. The number of aliphatic hydroxyl groups is 1. The average molecular weight is 291 g/mol. The second-order valence-electron chi connectivity index (χ2n) is 6.37. The zero-order valence-electron chi connectivity index (χ0n) is 12.1. The Hall–Kier alpha value is -0.510. The van der Waals surface area contributed by atoms with E-state index in [0.717, 1.165) is 18.6 Å². The van der Waals surface area contributed by atoms with Crippen molar-refractivity contribution in [2.45, 2.75) is 61.1 Å². The van der Waals surface area contributed by atoms with Crippen LogP contribution in [0.1, 0.15) is 44.1 Å². The molecule has 1 aromatic rings. The molecule has 0 heterocycles. The van der Waals surface area contributed by atoms with E-state index < -0.39 is 0 Å². The molecule has 2 saturated carbocycles. The van der Waals surface area contributed by atoms with E-state index in [0.29, 0.717) is 17.9 Å². The monoisotopic (exact) mass is 291 g/mol. The molecule has 2 nitrogen and oxygen atoms in total. The summed E-state index contributed by atoms with van der Waals surface area (Å²) in [7, 11) is 0. The van der Waals surface area contributed by atoms with Crippen LogP contribution in [0.4, 0.5) is 0 Å². The number of hydrogen-bond acceptors (Lipinski definition) is 3. The lowest BCUT2D eigenvalue weighted by molar-refractivity contribution is 0.122. The number of hydrogen-bond donors (Lipinski definition) is 2. The van der Waals surface area contributed by atoms with E-state index >= 15 is 0 Å². The number of thioether (sulfide) groups is 1. The average Bonchev–Trinajstić information content (AvgIpc) is 3.30. The van der Waals surface area contributed by atoms with Gasteiger partial charge in [-0.1, -0.05) is 36.8 Å². The van der Waals surface area contributed by atoms with Crippen molar-refractivity contribution in [1.29, 1.82) is 0 Å². The van der Waals surface area contributed by atoms with Gasteiger partial charge in [0.25, 0.3) is 0 Å². The molecule has 20 heavy (non-hydrogen) atoms. The molecule has 0 radical (unpaired) electrons. The maximum Gasteiger partial charge on any atom is 0.0613 e. The topological polar surface area (TPSA) is 32.3 Å². The van der Waals surface area contributed by atoms with Crippen LogP contribution in [0.25, 0.3) is 0 Å². The second kappa shape index (κ2) is 6.50. The summed E-state index contributed by atoms with van der Waals surface area (Å²) < 4.78 is 0. The van der Waals surface area contributed by atoms with E-state index in [9.17, 15) is 5.11 Å². The van der Waals surface area contributed by atoms with Crippen LogP contribution in [0.2, 0.25) is 0 Å². The fraction of sp³-hybridized carbons (Fsp3) is 0.647. The Bertz CT molecular complexity index is 420. The number of nitrogens with one attached hydrogen (secondary N) is 1. The molecular formula is C17H25NOS. The summed E-state index contributed by atoms with van der Waals surface area (Å²) >= 11 is 2.06. The predicted molar refractivity (Wildman–Crippen MR) is 86.0 cm³/mol. The van der Waals surface area contributed by atoms with Crippen LogP contribution in [-0.4, -0.2) is 28.5 Å². The molecule has 0 amide bonds. The molecule has 0 saturated heterocycles. The maximum absolute atomic E-state index is 9.85. The molecule has 0 bridgehead atoms. The highest BCUT2D eigenvalue weighted by Gasteiger charge is 2.39. The van der Waals surface area contributed by atoms with Crippen LogP contribution in [0.15, 0.2) is 30.3 Å². The molecule has 3 heteroatoms. The van der Waals surface area contributed by atoms with E-state index in [2.05, 4.69) is 47.4 Å². The number of aliphatic hydroxyl groups excluding tert-OH is 1. The van der Waals surface area contributed by atoms with E-state index in [4.69, 9.17) is 0 Å². The minimum atomic E-state index is 0.00771. The molecule has 2 N–H and O–H groups in total. The van der Waals surface area contributed by atoms with E-state index in [-0.39, 0.29) is 5.54 Å². The van der Waals surface area contributed by atoms with Gasteiger partial charge >= 0.3 is 0 Å². The lowest BCUT2D eigenvalue weighted by Gasteiger charge is -2.40. The first kappa shape index (κ1) is 14.4. The van der Waals surface area contributed by atoms with Gasteiger partial charge in [-0.15, -0.1) is 0 Å². The van der Waals surface area contributed by atoms with Gasteiger partial charge in [-0.05, 0) is 37.7 Å². The Balaban J connectivity index is 1.54. The first-order valence-corrected chi connectivity index (χ1v) is 8.89. The molecule has 2 fully saturated rings. The molecule has 3 rings (SSSR count). The van der Waals surface area contributed by atoms with Gasteiger partial charge in [0, 0.05) is 22.6 Å². The van der Waals surface area contributed by atoms with Crippen molar-refractivity contribution in [1.82, 2.24) is 5.32 Å². The fourth-order valence-corrected chi connectivity index (χ4v) is 4.61. The van der Waals surface area contributed by atoms with Crippen LogP contribution < -0.4 is 5.32 Å². The lowest BCUT2D eigenvalue weighted by Crippen LogP contribution is -2.53. The lowest BCUT2D eigenvalue weighted by atomic mass is 9.82. The zero-order chi connectivity index (χ0) is 13.8. The third kappa shape index (κ3) is 3.78. The van der Waals surface area contributed by atoms with E-state index in [1.54, 1.807) is 0 Å². The zero-order valence-corrected chi connectivity index (χ0v) is 12.9. The molecule has 2 aliphatic carbocycles. The van der Waals surface area contributed by atoms with Crippen LogP contribution >= 0.6 is 11.8 Å². The molecule has 0 aliphatic heterocycles. The van der Waals surface area contributed by atoms with E-state index in [1.165, 1.54) is 31.2 Å². The highest BCUT2D eigenvalue weighted by Crippen LogP contribution is 2.38. The van der Waals surface area contributed by atoms with Crippen LogP contribution in [0, 0.1) is 0 Å². The number of rotatable bonds is 6. The fourth-order valence-electron chi connectivity index (χ4n) is 3.22. The van der Waals surface area contributed by atoms with Gasteiger partial charge in [-0.3, -0.25) is 0 Å². The van der Waals surface area contributed by atoms with Crippen molar-refractivity contribution in [2.24, 2.45) is 0 Å². The molecule has 0 aromatic heterocycles. The quantitative estimate of drug-likeness (QED) is 0.843. The highest BCUT2D eigenvalue weighted by atomic mass is 32.2. The minimum Gasteiger partial charge on any atom is -0.394 e. The number of benzene rings is 1. The Morgan fingerprint density at radius 1 is 1.20 bits per heavy atom. The Morgan fingerprint density at radius 2 is 2.00 bits per heavy atom. The second-order valence-corrected chi connectivity index (χ2v) is 7.66. The van der Waals surface area contributed by atoms with Gasteiger partial charge in [-0.25, -0.2) is 0 Å². The van der Waals surface area contributed by atoms with E-state index in [1.807, 2.05) is 0 Å². The first-order chi connectivity index (χ1) is 9.80. The molecule has 110 valence electrons. The summed E-state index contributed by atoms with van der Waals surface area (Å²) in [5.41, 5.74) is 1.42. The van der Waals surface area contributed by atoms with Gasteiger partial charge < -0.3 is 10.4 Å². The molecule has 2 atom stereocenters. The Kier molecular flexibility index (Phi) is 4.69. The minimum absolute atomic E-state index is 0.00771. The molecule has 1 aromatic carbocycles. The summed E-state index contributed by atoms with van der Waals surface area (Å²) in [5.74, 6) is 1.09. The summed E-state index contributed by atoms with van der Waals surface area (Å²) in [5, 5.41) is 14.3. The summed E-state index contributed by atoms with van der Waals surface area (Å²) in [6.07, 6.45) is 7.39. The van der Waals surface area contributed by atoms with Gasteiger partial charge in [0.15, 0.2) is 0 Å². The molecule has 0 spiro atoms. The summed E-state index contributed by atoms with van der Waals surface area (Å²) in [6, 6.07) is 11.4. The molecule has 2 aliphatic rings. The smallest absolute Gasteiger partial charge is 0.0613 e.